The number of nitrogens with one attached hydrogen (secondary N) is 2. The van der Waals surface area contributed by atoms with Crippen LogP contribution in [0.5, 0.6) is 0 Å². The number of nitrogens with zero attached hydrogens (tertiary/aromatic N) is 2. The van der Waals surface area contributed by atoms with Crippen molar-refractivity contribution in [3.8, 4) is 0 Å². The number of anilines is 1. The van der Waals surface area contributed by atoms with E-state index in [1.54, 1.807) is 26.1 Å². The maximum atomic E-state index is 12.9. The third-order valence-corrected chi connectivity index (χ3v) is 3.90. The van der Waals surface area contributed by atoms with Gasteiger partial charge in [-0.25, -0.2) is 4.98 Å². The van der Waals surface area contributed by atoms with E-state index in [2.05, 4.69) is 15.6 Å². The molecule has 0 spiro atoms. The molecule has 2 heterocycles. The Hall–Kier alpha value is -2.70. The molecular formula is C17H22N4O3. The van der Waals surface area contributed by atoms with Gasteiger partial charge in [-0.3, -0.25) is 24.3 Å². The van der Waals surface area contributed by atoms with Crippen LogP contribution in [-0.4, -0.2) is 28.4 Å². The van der Waals surface area contributed by atoms with Gasteiger partial charge in [0.15, 0.2) is 0 Å². The molecule has 7 heteroatoms. The molecule has 1 aromatic heterocycles. The molecule has 128 valence electrons. The van der Waals surface area contributed by atoms with Crippen LogP contribution in [-0.2, 0) is 9.59 Å². The van der Waals surface area contributed by atoms with Gasteiger partial charge in [-0.2, -0.15) is 0 Å². The van der Waals surface area contributed by atoms with Crippen LogP contribution in [0.2, 0.25) is 0 Å². The number of rotatable bonds is 2. The van der Waals surface area contributed by atoms with Crippen molar-refractivity contribution in [2.24, 2.45) is 0 Å². The number of aryl methyl sites for hydroxylation is 1. The molecule has 0 bridgehead atoms. The van der Waals surface area contributed by atoms with Gasteiger partial charge in [0.1, 0.15) is 11.9 Å². The summed E-state index contributed by atoms with van der Waals surface area (Å²) in [5.41, 5.74) is 0.968. The molecule has 24 heavy (non-hydrogen) atoms. The van der Waals surface area contributed by atoms with E-state index in [1.807, 2.05) is 19.9 Å². The van der Waals surface area contributed by atoms with E-state index in [-0.39, 0.29) is 17.9 Å². The second kappa shape index (κ2) is 7.25. The Morgan fingerprint density at radius 2 is 1.96 bits per heavy atom. The number of piperidine rings is 1. The smallest absolute Gasteiger partial charge is 0.264 e. The lowest BCUT2D eigenvalue weighted by atomic mass is 10.1. The monoisotopic (exact) mass is 330 g/mol. The zero-order valence-corrected chi connectivity index (χ0v) is 14.3. The van der Waals surface area contributed by atoms with E-state index in [4.69, 9.17) is 0 Å². The van der Waals surface area contributed by atoms with Crippen LogP contribution in [0.1, 0.15) is 38.6 Å². The third kappa shape index (κ3) is 3.02. The van der Waals surface area contributed by atoms with Crippen molar-refractivity contribution in [2.75, 3.05) is 12.4 Å². The molecular weight excluding hydrogens is 308 g/mol. The average Bonchev–Trinajstić information content (AvgIpc) is 2.57. The van der Waals surface area contributed by atoms with Gasteiger partial charge in [0.25, 0.3) is 5.56 Å². The summed E-state index contributed by atoms with van der Waals surface area (Å²) in [5, 5.41) is 5.69. The summed E-state index contributed by atoms with van der Waals surface area (Å²) in [4.78, 5) is 40.7. The SMILES string of the molecule is CC.CNc1cccc2nc(C)n(C3CCC(=O)NC3=O)c(=O)c12. The van der Waals surface area contributed by atoms with Crippen molar-refractivity contribution in [1.82, 2.24) is 14.9 Å². The molecule has 1 atom stereocenters. The zero-order chi connectivity index (χ0) is 17.9. The van der Waals surface area contributed by atoms with E-state index >= 15 is 0 Å². The molecule has 2 amide bonds. The lowest BCUT2D eigenvalue weighted by Gasteiger charge is -2.24. The highest BCUT2D eigenvalue weighted by Crippen LogP contribution is 2.22. The molecule has 1 fully saturated rings. The van der Waals surface area contributed by atoms with Crippen molar-refractivity contribution in [2.45, 2.75) is 39.7 Å². The number of hydrogen-bond donors (Lipinski definition) is 2. The molecule has 7 nitrogen and oxygen atoms in total. The standard InChI is InChI=1S/C15H16N4O3.C2H6/c1-8-17-10-5-3-4-9(16-2)13(10)15(22)19(8)11-6-7-12(20)18-14(11)21;1-2/h3-5,11,16H,6-7H2,1-2H3,(H,18,20,21);1-2H3. The normalized spacial score (nSPS) is 17.1. The van der Waals surface area contributed by atoms with Crippen LogP contribution in [0.3, 0.4) is 0 Å². The summed E-state index contributed by atoms with van der Waals surface area (Å²) >= 11 is 0. The number of imide groups is 1. The minimum absolute atomic E-state index is 0.216. The molecule has 0 radical (unpaired) electrons. The topological polar surface area (TPSA) is 93.1 Å². The number of hydrogen-bond acceptors (Lipinski definition) is 5. The highest BCUT2D eigenvalue weighted by molar-refractivity contribution is 5.99. The largest absolute Gasteiger partial charge is 0.387 e. The van der Waals surface area contributed by atoms with E-state index in [9.17, 15) is 14.4 Å². The number of carbonyl (C=O) groups is 2. The molecule has 1 saturated heterocycles. The summed E-state index contributed by atoms with van der Waals surface area (Å²) < 4.78 is 1.38. The third-order valence-electron chi connectivity index (χ3n) is 3.90. The van der Waals surface area contributed by atoms with E-state index in [0.29, 0.717) is 28.8 Å². The Morgan fingerprint density at radius 3 is 2.58 bits per heavy atom. The van der Waals surface area contributed by atoms with Gasteiger partial charge in [-0.1, -0.05) is 19.9 Å². The first kappa shape index (κ1) is 17.7. The molecule has 2 aromatic rings. The van der Waals surface area contributed by atoms with Gasteiger partial charge in [-0.15, -0.1) is 0 Å². The number of carbonyl (C=O) groups excluding carboxylic acids is 2. The molecule has 2 N–H and O–H groups in total. The number of amides is 2. The first-order valence-corrected chi connectivity index (χ1v) is 8.06. The zero-order valence-electron chi connectivity index (χ0n) is 14.3. The van der Waals surface area contributed by atoms with Gasteiger partial charge in [0.2, 0.25) is 11.8 Å². The average molecular weight is 330 g/mol. The fourth-order valence-electron chi connectivity index (χ4n) is 2.86. The summed E-state index contributed by atoms with van der Waals surface area (Å²) in [7, 11) is 1.73. The maximum absolute atomic E-state index is 12.9. The van der Waals surface area contributed by atoms with Crippen molar-refractivity contribution < 1.29 is 9.59 Å². The second-order valence-electron chi connectivity index (χ2n) is 5.25. The summed E-state index contributed by atoms with van der Waals surface area (Å²) in [6, 6.07) is 4.66. The Morgan fingerprint density at radius 1 is 1.25 bits per heavy atom. The van der Waals surface area contributed by atoms with Gasteiger partial charge in [0.05, 0.1) is 10.9 Å². The first-order valence-electron chi connectivity index (χ1n) is 8.06. The van der Waals surface area contributed by atoms with Crippen LogP contribution in [0.15, 0.2) is 23.0 Å². The molecule has 3 rings (SSSR count). The van der Waals surface area contributed by atoms with Gasteiger partial charge in [0, 0.05) is 19.2 Å². The molecule has 1 unspecified atom stereocenters. The van der Waals surface area contributed by atoms with Crippen LogP contribution < -0.4 is 16.2 Å². The van der Waals surface area contributed by atoms with Crippen molar-refractivity contribution in [3.63, 3.8) is 0 Å². The molecule has 1 aliphatic heterocycles. The van der Waals surface area contributed by atoms with Crippen molar-refractivity contribution in [3.05, 3.63) is 34.4 Å². The first-order chi connectivity index (χ1) is 11.5. The van der Waals surface area contributed by atoms with Crippen molar-refractivity contribution >= 4 is 28.4 Å². The number of fused-ring (bicyclic) bond motifs is 1. The number of benzene rings is 1. The molecule has 1 aromatic carbocycles. The Labute approximate surface area is 140 Å². The van der Waals surface area contributed by atoms with Gasteiger partial charge < -0.3 is 5.32 Å². The van der Waals surface area contributed by atoms with Gasteiger partial charge in [-0.05, 0) is 25.5 Å². The lowest BCUT2D eigenvalue weighted by Crippen LogP contribution is -2.45. The van der Waals surface area contributed by atoms with E-state index < -0.39 is 11.9 Å². The van der Waals surface area contributed by atoms with E-state index in [0.717, 1.165) is 0 Å². The van der Waals surface area contributed by atoms with Crippen LogP contribution in [0.4, 0.5) is 5.69 Å². The van der Waals surface area contributed by atoms with Crippen LogP contribution in [0, 0.1) is 6.92 Å². The minimum atomic E-state index is -0.702. The molecule has 1 aliphatic rings. The fourth-order valence-corrected chi connectivity index (χ4v) is 2.86. The van der Waals surface area contributed by atoms with Crippen LogP contribution in [0.25, 0.3) is 10.9 Å². The predicted molar refractivity (Wildman–Crippen MR) is 93.1 cm³/mol. The predicted octanol–water partition coefficient (Wildman–Crippen LogP) is 1.75. The highest BCUT2D eigenvalue weighted by atomic mass is 16.2. The Balaban J connectivity index is 0.00000100. The fraction of sp³-hybridized carbons (Fsp3) is 0.412. The summed E-state index contributed by atoms with van der Waals surface area (Å²) in [6.45, 7) is 5.69. The second-order valence-corrected chi connectivity index (χ2v) is 5.25. The van der Waals surface area contributed by atoms with Crippen LogP contribution >= 0.6 is 0 Å². The van der Waals surface area contributed by atoms with Crippen molar-refractivity contribution in [1.29, 1.82) is 0 Å². The van der Waals surface area contributed by atoms with Gasteiger partial charge >= 0.3 is 0 Å². The lowest BCUT2D eigenvalue weighted by molar-refractivity contribution is -0.135. The molecule has 0 aliphatic carbocycles. The quantitative estimate of drug-likeness (QED) is 0.818. The summed E-state index contributed by atoms with van der Waals surface area (Å²) in [6.07, 6.45) is 0.522. The van der Waals surface area contributed by atoms with E-state index in [1.165, 1.54) is 4.57 Å². The number of aromatic nitrogens is 2. The minimum Gasteiger partial charge on any atom is -0.387 e. The Kier molecular flexibility index (Phi) is 5.33. The Bertz CT molecular complexity index is 842. The molecule has 0 saturated carbocycles. The summed E-state index contributed by atoms with van der Waals surface area (Å²) in [5.74, 6) is -0.304. The maximum Gasteiger partial charge on any atom is 0.264 e. The highest BCUT2D eigenvalue weighted by Gasteiger charge is 2.30.